The fourth-order valence-corrected chi connectivity index (χ4v) is 4.01. The summed E-state index contributed by atoms with van der Waals surface area (Å²) in [6.45, 7) is 6.04. The molecule has 0 spiro atoms. The molecule has 0 bridgehead atoms. The third kappa shape index (κ3) is 6.31. The number of benzene rings is 1. The van der Waals surface area contributed by atoms with Crippen molar-refractivity contribution >= 4 is 30.5 Å². The van der Waals surface area contributed by atoms with Gasteiger partial charge in [0.1, 0.15) is 10.9 Å². The molecule has 7 heteroatoms. The molecule has 0 fully saturated rings. The zero-order chi connectivity index (χ0) is 21.2. The van der Waals surface area contributed by atoms with E-state index in [0.717, 1.165) is 56.9 Å². The number of aliphatic imine (C=N–C) groups is 1. The van der Waals surface area contributed by atoms with Gasteiger partial charge in [-0.05, 0) is 49.9 Å². The number of halogens is 1. The molecule has 1 unspecified atom stereocenters. The van der Waals surface area contributed by atoms with Crippen LogP contribution < -0.4 is 10.6 Å². The van der Waals surface area contributed by atoms with Crippen molar-refractivity contribution in [2.24, 2.45) is 10.4 Å². The third-order valence-corrected chi connectivity index (χ3v) is 5.53. The number of rotatable bonds is 11. The summed E-state index contributed by atoms with van der Waals surface area (Å²) in [6.07, 6.45) is 3.39. The minimum Gasteiger partial charge on any atom is -0.453 e. The average Bonchev–Trinajstić information content (AvgIpc) is 3.15. The average molecular weight is 422 g/mol. The monoisotopic (exact) mass is 421 g/mol. The van der Waals surface area contributed by atoms with E-state index in [9.17, 15) is 0 Å². The van der Waals surface area contributed by atoms with Gasteiger partial charge in [-0.2, -0.15) is 0 Å². The smallest absolute Gasteiger partial charge is 0.302 e. The van der Waals surface area contributed by atoms with Crippen LogP contribution in [0.3, 0.4) is 0 Å². The van der Waals surface area contributed by atoms with E-state index in [1.807, 2.05) is 18.2 Å². The van der Waals surface area contributed by atoms with E-state index < -0.39 is 0 Å². The minimum atomic E-state index is 0.0766. The first-order valence-electron chi connectivity index (χ1n) is 10.1. The molecule has 5 nitrogen and oxygen atoms in total. The van der Waals surface area contributed by atoms with Gasteiger partial charge in [0.05, 0.1) is 12.2 Å². The van der Waals surface area contributed by atoms with Crippen LogP contribution in [0.4, 0.5) is 0 Å². The van der Waals surface area contributed by atoms with Crippen LogP contribution in [0, 0.1) is 5.41 Å². The zero-order valence-corrected chi connectivity index (χ0v) is 17.8. The summed E-state index contributed by atoms with van der Waals surface area (Å²) in [5, 5.41) is 16.0. The summed E-state index contributed by atoms with van der Waals surface area (Å²) in [4.78, 5) is 9.19. The van der Waals surface area contributed by atoms with Gasteiger partial charge < -0.3 is 15.7 Å². The first kappa shape index (κ1) is 22.3. The molecule has 1 aromatic heterocycles. The Bertz CT molecular complexity index is 914. The van der Waals surface area contributed by atoms with Gasteiger partial charge in [-0.3, -0.25) is 4.99 Å². The molecule has 1 aromatic carbocycles. The van der Waals surface area contributed by atoms with E-state index in [2.05, 4.69) is 52.2 Å². The summed E-state index contributed by atoms with van der Waals surface area (Å²) in [5.41, 5.74) is 6.90. The van der Waals surface area contributed by atoms with Gasteiger partial charge in [-0.25, -0.2) is 4.98 Å². The van der Waals surface area contributed by atoms with E-state index in [4.69, 9.17) is 21.6 Å². The highest BCUT2D eigenvalue weighted by Gasteiger charge is 2.35. The van der Waals surface area contributed by atoms with Crippen LogP contribution in [0.15, 0.2) is 65.8 Å². The lowest BCUT2D eigenvalue weighted by molar-refractivity contribution is 0.297. The second kappa shape index (κ2) is 11.1. The third-order valence-electron chi connectivity index (χ3n) is 5.32. The minimum absolute atomic E-state index is 0.0766. The van der Waals surface area contributed by atoms with E-state index in [1.54, 1.807) is 6.07 Å². The first-order chi connectivity index (χ1) is 14.6. The van der Waals surface area contributed by atoms with E-state index in [0.29, 0.717) is 18.1 Å². The lowest BCUT2D eigenvalue weighted by atomic mass is 9.76. The normalized spacial score (nSPS) is 17.9. The lowest BCUT2D eigenvalue weighted by Crippen LogP contribution is -2.33. The highest BCUT2D eigenvalue weighted by atomic mass is 35.5. The van der Waals surface area contributed by atoms with Crippen molar-refractivity contribution in [1.29, 1.82) is 0 Å². The highest BCUT2D eigenvalue weighted by molar-refractivity contribution is 6.29. The Kier molecular flexibility index (Phi) is 8.29. The summed E-state index contributed by atoms with van der Waals surface area (Å²) in [5.74, 6) is 0. The van der Waals surface area contributed by atoms with Crippen molar-refractivity contribution in [3.05, 3.63) is 77.3 Å². The molecule has 0 saturated carbocycles. The molecule has 1 aliphatic heterocycles. The molecule has 2 aromatic rings. The van der Waals surface area contributed by atoms with Gasteiger partial charge in [-0.15, -0.1) is 5.73 Å². The predicted octanol–water partition coefficient (Wildman–Crippen LogP) is 3.07. The van der Waals surface area contributed by atoms with E-state index in [-0.39, 0.29) is 5.41 Å². The Morgan fingerprint density at radius 1 is 1.23 bits per heavy atom. The van der Waals surface area contributed by atoms with Gasteiger partial charge in [0.2, 0.25) is 0 Å². The number of hydrogen-bond donors (Lipinski definition) is 3. The second-order valence-electron chi connectivity index (χ2n) is 7.61. The maximum Gasteiger partial charge on any atom is 0.302 e. The number of aromatic nitrogens is 1. The van der Waals surface area contributed by atoms with Crippen LogP contribution in [-0.4, -0.2) is 49.3 Å². The summed E-state index contributed by atoms with van der Waals surface area (Å²) >= 11 is 6.01. The van der Waals surface area contributed by atoms with Crippen molar-refractivity contribution in [3.63, 3.8) is 0 Å². The Balaban J connectivity index is 1.63. The molecule has 0 saturated heterocycles. The van der Waals surface area contributed by atoms with E-state index >= 15 is 0 Å². The molecule has 3 N–H and O–H groups in total. The molecule has 1 atom stereocenters. The quantitative estimate of drug-likeness (QED) is 0.226. The molecule has 2 heterocycles. The standard InChI is InChI=1S/C23H27BClN4O/c1-2-20(21-9-6-10-22(25)29-21)27-15-19-14-23(16-28-19,11-12-26-17-24-30)13-18-7-4-3-5-8-18/h3-10,26-27,30H,1,11-17H2. The van der Waals surface area contributed by atoms with Crippen molar-refractivity contribution in [2.75, 3.05) is 26.1 Å². The molecular formula is C23H27BClN4O. The van der Waals surface area contributed by atoms with Gasteiger partial charge >= 0.3 is 7.48 Å². The Hall–Kier alpha value is -2.37. The number of hydrogen-bond acceptors (Lipinski definition) is 5. The van der Waals surface area contributed by atoms with Crippen LogP contribution in [0.1, 0.15) is 24.1 Å². The second-order valence-corrected chi connectivity index (χ2v) is 8.00. The summed E-state index contributed by atoms with van der Waals surface area (Å²) in [6, 6.07) is 16.0. The molecule has 30 heavy (non-hydrogen) atoms. The zero-order valence-electron chi connectivity index (χ0n) is 17.1. The van der Waals surface area contributed by atoms with Gasteiger partial charge in [0.25, 0.3) is 0 Å². The van der Waals surface area contributed by atoms with Crippen LogP contribution in [-0.2, 0) is 6.42 Å². The fraction of sp³-hybridized carbons (Fsp3) is 0.348. The molecule has 3 rings (SSSR count). The highest BCUT2D eigenvalue weighted by Crippen LogP contribution is 2.36. The van der Waals surface area contributed by atoms with Crippen molar-refractivity contribution in [2.45, 2.75) is 19.3 Å². The van der Waals surface area contributed by atoms with Gasteiger partial charge in [-0.1, -0.05) is 54.6 Å². The number of nitrogens with zero attached hydrogens (tertiary/aromatic N) is 2. The van der Waals surface area contributed by atoms with Crippen molar-refractivity contribution < 1.29 is 5.02 Å². The molecule has 0 amide bonds. The molecule has 1 radical (unpaired) electrons. The van der Waals surface area contributed by atoms with Gasteiger partial charge in [0, 0.05) is 17.7 Å². The van der Waals surface area contributed by atoms with Crippen molar-refractivity contribution in [1.82, 2.24) is 15.6 Å². The maximum absolute atomic E-state index is 8.91. The summed E-state index contributed by atoms with van der Waals surface area (Å²) in [7, 11) is 1.15. The summed E-state index contributed by atoms with van der Waals surface area (Å²) < 4.78 is 0. The number of pyridine rings is 1. The topological polar surface area (TPSA) is 69.5 Å². The van der Waals surface area contributed by atoms with E-state index in [1.165, 1.54) is 5.56 Å². The Labute approximate surface area is 184 Å². The lowest BCUT2D eigenvalue weighted by Gasteiger charge is -2.29. The van der Waals surface area contributed by atoms with Crippen LogP contribution >= 0.6 is 11.6 Å². The molecule has 0 aliphatic carbocycles. The molecule has 155 valence electrons. The largest absolute Gasteiger partial charge is 0.453 e. The fourth-order valence-electron chi connectivity index (χ4n) is 3.85. The van der Waals surface area contributed by atoms with Gasteiger partial charge in [0.15, 0.2) is 0 Å². The molecule has 1 aliphatic rings. The maximum atomic E-state index is 8.91. The number of nitrogens with one attached hydrogen (secondary N) is 2. The Morgan fingerprint density at radius 2 is 2.07 bits per heavy atom. The predicted molar refractivity (Wildman–Crippen MR) is 125 cm³/mol. The first-order valence-corrected chi connectivity index (χ1v) is 10.5. The SMILES string of the molecule is C=C=C(NCC1=NCC(CCNC[B]O)(Cc2ccccc2)C1)c1cccc(Cl)n1. The van der Waals surface area contributed by atoms with Crippen LogP contribution in [0.2, 0.25) is 5.15 Å². The van der Waals surface area contributed by atoms with Crippen molar-refractivity contribution in [3.8, 4) is 0 Å². The Morgan fingerprint density at radius 3 is 2.80 bits per heavy atom. The van der Waals surface area contributed by atoms with Crippen LogP contribution in [0.5, 0.6) is 0 Å². The molecular weight excluding hydrogens is 395 g/mol. The van der Waals surface area contributed by atoms with Crippen LogP contribution in [0.25, 0.3) is 5.70 Å².